The van der Waals surface area contributed by atoms with Gasteiger partial charge in [0.1, 0.15) is 18.0 Å². The number of halogens is 1. The first-order valence-corrected chi connectivity index (χ1v) is 15.5. The van der Waals surface area contributed by atoms with Crippen LogP contribution in [0.1, 0.15) is 52.5 Å². The second-order valence-electron chi connectivity index (χ2n) is 12.5. The van der Waals surface area contributed by atoms with Crippen LogP contribution >= 0.6 is 0 Å². The van der Waals surface area contributed by atoms with Gasteiger partial charge in [0, 0.05) is 50.4 Å². The molecular formula is C33H48FN3O6. The summed E-state index contributed by atoms with van der Waals surface area (Å²) in [4.78, 5) is 31.9. The Labute approximate surface area is 255 Å². The van der Waals surface area contributed by atoms with Gasteiger partial charge in [0.15, 0.2) is 0 Å². The van der Waals surface area contributed by atoms with E-state index in [-0.39, 0.29) is 36.2 Å². The molecule has 2 fully saturated rings. The zero-order valence-corrected chi connectivity index (χ0v) is 26.2. The number of aliphatic hydroxyl groups is 1. The molecule has 9 nitrogen and oxygen atoms in total. The second-order valence-corrected chi connectivity index (χ2v) is 12.5. The molecule has 2 saturated heterocycles. The van der Waals surface area contributed by atoms with Crippen molar-refractivity contribution in [2.24, 2.45) is 11.8 Å². The minimum Gasteiger partial charge on any atom is -0.457 e. The number of hydrogen-bond donors (Lipinski definition) is 1. The summed E-state index contributed by atoms with van der Waals surface area (Å²) >= 11 is 0. The number of likely N-dealkylation sites (N-methyl/N-ethyl adjacent to an activating group) is 1. The van der Waals surface area contributed by atoms with Gasteiger partial charge in [0.05, 0.1) is 25.7 Å². The first-order chi connectivity index (χ1) is 20.5. The highest BCUT2D eigenvalue weighted by Gasteiger charge is 2.29. The van der Waals surface area contributed by atoms with Gasteiger partial charge in [-0.25, -0.2) is 9.18 Å². The second kappa shape index (κ2) is 15.2. The molecule has 0 spiro atoms. The van der Waals surface area contributed by atoms with E-state index in [9.17, 15) is 19.1 Å². The summed E-state index contributed by atoms with van der Waals surface area (Å²) in [5.74, 6) is -1.17. The molecular weight excluding hydrogens is 553 g/mol. The highest BCUT2D eigenvalue weighted by atomic mass is 19.1. The molecule has 0 aliphatic carbocycles. The molecule has 6 atom stereocenters. The summed E-state index contributed by atoms with van der Waals surface area (Å²) in [6, 6.07) is 5.06. The Morgan fingerprint density at radius 1 is 1.07 bits per heavy atom. The van der Waals surface area contributed by atoms with E-state index in [0.717, 1.165) is 24.4 Å². The number of rotatable bonds is 4. The van der Waals surface area contributed by atoms with E-state index >= 15 is 0 Å². The number of anilines is 1. The lowest BCUT2D eigenvalue weighted by Gasteiger charge is -2.35. The number of nitrogens with zero attached hydrogens (tertiary/aromatic N) is 3. The van der Waals surface area contributed by atoms with E-state index < -0.39 is 24.3 Å². The predicted octanol–water partition coefficient (Wildman–Crippen LogP) is 4.49. The van der Waals surface area contributed by atoms with Gasteiger partial charge in [-0.3, -0.25) is 4.79 Å². The number of carbonyl (C=O) groups is 2. The number of ether oxygens (including phenoxy) is 3. The topological polar surface area (TPSA) is 91.8 Å². The standard InChI is InChI=1S/C33H48FN3O6/c1-22-6-8-29(38)20-31(39)43-32(23(2)7-9-30(22)42-33(40)36-12-10-35(5)11-13-36)24(3)16-26-17-27(34)19-28(18-26)37-14-15-41-21-25(37)4/h7,9,16-19,22-23,25,29-30,32,38H,6,8,10-15,20-21H2,1-5H3/b9-7-,24-16+/t22-,23-,25-,29-,30-,32-/m0/s1. The van der Waals surface area contributed by atoms with Crippen LogP contribution in [0.5, 0.6) is 0 Å². The Kier molecular flexibility index (Phi) is 11.6. The SMILES string of the molecule is C/C(=C\c1cc(F)cc(N2CCOC[C@@H]2C)c1)[C@H]1OC(=O)C[C@@H](O)CC[C@H](C)[C@@H](OC(=O)N2CCN(C)CC2)/C=C\[C@@H]1C. The van der Waals surface area contributed by atoms with Crippen LogP contribution in [0.2, 0.25) is 0 Å². The molecule has 43 heavy (non-hydrogen) atoms. The maximum atomic E-state index is 14.8. The molecule has 3 aliphatic heterocycles. The van der Waals surface area contributed by atoms with Gasteiger partial charge in [0.25, 0.3) is 0 Å². The van der Waals surface area contributed by atoms with Crippen molar-refractivity contribution in [1.82, 2.24) is 9.80 Å². The highest BCUT2D eigenvalue weighted by Crippen LogP contribution is 2.28. The summed E-state index contributed by atoms with van der Waals surface area (Å²) in [6.45, 7) is 12.5. The van der Waals surface area contributed by atoms with Crippen molar-refractivity contribution in [1.29, 1.82) is 0 Å². The molecule has 3 aliphatic rings. The molecule has 1 amide bonds. The quantitative estimate of drug-likeness (QED) is 0.399. The zero-order chi connectivity index (χ0) is 31.1. The largest absolute Gasteiger partial charge is 0.457 e. The van der Waals surface area contributed by atoms with Crippen LogP contribution in [0.4, 0.5) is 14.9 Å². The van der Waals surface area contributed by atoms with Gasteiger partial charge in [0.2, 0.25) is 0 Å². The molecule has 238 valence electrons. The van der Waals surface area contributed by atoms with Gasteiger partial charge in [-0.05, 0) is 75.1 Å². The number of morpholine rings is 1. The predicted molar refractivity (Wildman–Crippen MR) is 164 cm³/mol. The van der Waals surface area contributed by atoms with Gasteiger partial charge >= 0.3 is 12.1 Å². The summed E-state index contributed by atoms with van der Waals surface area (Å²) in [6.07, 6.45) is 4.13. The minimum absolute atomic E-state index is 0.0617. The van der Waals surface area contributed by atoms with Crippen LogP contribution in [0.25, 0.3) is 6.08 Å². The molecule has 0 bridgehead atoms. The molecule has 0 aromatic heterocycles. The third-order valence-corrected chi connectivity index (χ3v) is 8.70. The Balaban J connectivity index is 1.57. The maximum Gasteiger partial charge on any atom is 0.410 e. The van der Waals surface area contributed by atoms with Crippen molar-refractivity contribution in [2.75, 3.05) is 57.9 Å². The van der Waals surface area contributed by atoms with Gasteiger partial charge in [-0.2, -0.15) is 0 Å². The van der Waals surface area contributed by atoms with Crippen LogP contribution in [0.15, 0.2) is 35.9 Å². The molecule has 4 rings (SSSR count). The Morgan fingerprint density at radius 2 is 1.81 bits per heavy atom. The summed E-state index contributed by atoms with van der Waals surface area (Å²) < 4.78 is 32.2. The number of carbonyl (C=O) groups excluding carboxylic acids is 2. The van der Waals surface area contributed by atoms with Gasteiger partial charge < -0.3 is 34.0 Å². The first-order valence-electron chi connectivity index (χ1n) is 15.5. The zero-order valence-electron chi connectivity index (χ0n) is 26.2. The number of cyclic esters (lactones) is 1. The van der Waals surface area contributed by atoms with Gasteiger partial charge in [-0.15, -0.1) is 0 Å². The fourth-order valence-electron chi connectivity index (χ4n) is 5.93. The lowest BCUT2D eigenvalue weighted by molar-refractivity contribution is -0.151. The Bertz CT molecular complexity index is 1170. The smallest absolute Gasteiger partial charge is 0.410 e. The van der Waals surface area contributed by atoms with E-state index in [4.69, 9.17) is 14.2 Å². The average Bonchev–Trinajstić information content (AvgIpc) is 2.96. The number of esters is 1. The van der Waals surface area contributed by atoms with E-state index in [1.165, 1.54) is 12.1 Å². The third-order valence-electron chi connectivity index (χ3n) is 8.70. The minimum atomic E-state index is -0.867. The van der Waals surface area contributed by atoms with Crippen molar-refractivity contribution >= 4 is 23.8 Å². The van der Waals surface area contributed by atoms with E-state index in [1.807, 2.05) is 59.0 Å². The highest BCUT2D eigenvalue weighted by molar-refractivity contribution is 5.71. The fraction of sp³-hybridized carbons (Fsp3) is 0.636. The summed E-state index contributed by atoms with van der Waals surface area (Å²) in [5.41, 5.74) is 2.18. The third kappa shape index (κ3) is 9.27. The van der Waals surface area contributed by atoms with E-state index in [2.05, 4.69) is 9.80 Å². The fourth-order valence-corrected chi connectivity index (χ4v) is 5.93. The molecule has 1 N–H and O–H groups in total. The number of hydrogen-bond acceptors (Lipinski definition) is 8. The Morgan fingerprint density at radius 3 is 2.53 bits per heavy atom. The summed E-state index contributed by atoms with van der Waals surface area (Å²) in [7, 11) is 2.03. The average molecular weight is 602 g/mol. The molecule has 0 radical (unpaired) electrons. The van der Waals surface area contributed by atoms with Crippen LogP contribution in [-0.4, -0.2) is 104 Å². The molecule has 0 saturated carbocycles. The lowest BCUT2D eigenvalue weighted by Crippen LogP contribution is -2.48. The number of amides is 1. The summed E-state index contributed by atoms with van der Waals surface area (Å²) in [5, 5.41) is 10.6. The van der Waals surface area contributed by atoms with Crippen molar-refractivity contribution in [3.8, 4) is 0 Å². The number of piperazine rings is 1. The van der Waals surface area contributed by atoms with Crippen LogP contribution in [0.3, 0.4) is 0 Å². The number of aliphatic hydroxyl groups excluding tert-OH is 1. The van der Waals surface area contributed by atoms with Crippen molar-refractivity contribution in [2.45, 2.75) is 71.3 Å². The monoisotopic (exact) mass is 601 g/mol. The van der Waals surface area contributed by atoms with E-state index in [1.54, 1.807) is 4.90 Å². The van der Waals surface area contributed by atoms with E-state index in [0.29, 0.717) is 51.3 Å². The Hall–Kier alpha value is -2.95. The van der Waals surface area contributed by atoms with Crippen LogP contribution in [-0.2, 0) is 19.0 Å². The lowest BCUT2D eigenvalue weighted by atomic mass is 9.91. The van der Waals surface area contributed by atoms with Crippen molar-refractivity contribution in [3.63, 3.8) is 0 Å². The van der Waals surface area contributed by atoms with Crippen LogP contribution in [0, 0.1) is 17.7 Å². The maximum absolute atomic E-state index is 14.8. The van der Waals surface area contributed by atoms with Crippen molar-refractivity contribution in [3.05, 3.63) is 47.3 Å². The normalized spacial score (nSPS) is 31.0. The molecule has 3 heterocycles. The van der Waals surface area contributed by atoms with Crippen LogP contribution < -0.4 is 4.90 Å². The van der Waals surface area contributed by atoms with Gasteiger partial charge in [-0.1, -0.05) is 26.0 Å². The molecule has 1 aromatic carbocycles. The number of benzene rings is 1. The molecule has 1 aromatic rings. The first kappa shape index (κ1) is 33.0. The molecule has 0 unspecified atom stereocenters. The van der Waals surface area contributed by atoms with Crippen molar-refractivity contribution < 1.29 is 33.3 Å². The molecule has 10 heteroatoms.